The molecule has 0 N–H and O–H groups in total. The van der Waals surface area contributed by atoms with Gasteiger partial charge in [-0.15, -0.1) is 6.42 Å². The van der Waals surface area contributed by atoms with Crippen LogP contribution in [0.2, 0.25) is 0 Å². The molecule has 0 saturated heterocycles. The van der Waals surface area contributed by atoms with Crippen molar-refractivity contribution < 1.29 is 17.0 Å². The Bertz CT molecular complexity index is 285. The molecule has 0 fully saturated rings. The van der Waals surface area contributed by atoms with Gasteiger partial charge in [0.2, 0.25) is 0 Å². The van der Waals surface area contributed by atoms with Crippen LogP contribution < -0.4 is 21.5 Å². The molecule has 0 saturated carbocycles. The van der Waals surface area contributed by atoms with Gasteiger partial charge in [0.1, 0.15) is 12.2 Å². The van der Waals surface area contributed by atoms with E-state index >= 15 is 0 Å². The molecule has 2 heteroatoms. The molecular weight excluding hydrogens is 226 g/mol. The summed E-state index contributed by atoms with van der Waals surface area (Å²) in [6.07, 6.45) is 5.29. The van der Waals surface area contributed by atoms with Crippen LogP contribution in [0.25, 0.3) is 0 Å². The van der Waals surface area contributed by atoms with E-state index in [1.807, 2.05) is 18.2 Å². The lowest BCUT2D eigenvalue weighted by Crippen LogP contribution is -3.00. The van der Waals surface area contributed by atoms with Gasteiger partial charge in [-0.05, 0) is 18.1 Å². The highest BCUT2D eigenvalue weighted by molar-refractivity contribution is 5.41. The lowest BCUT2D eigenvalue weighted by molar-refractivity contribution is -0.00000265. The van der Waals surface area contributed by atoms with Crippen LogP contribution in [0, 0.1) is 12.3 Å². The quantitative estimate of drug-likeness (QED) is 0.454. The highest BCUT2D eigenvalue weighted by Gasteiger charge is 2.15. The largest absolute Gasteiger partial charge is 1.00 e. The Kier molecular flexibility index (Phi) is 4.76. The molecule has 0 aliphatic rings. The first-order chi connectivity index (χ1) is 5.67. The fraction of sp³-hybridized carbons (Fsp3) is 0.273. The topological polar surface area (TPSA) is 0 Å². The van der Waals surface area contributed by atoms with E-state index in [9.17, 15) is 0 Å². The number of hydrogen-bond acceptors (Lipinski definition) is 0. The van der Waals surface area contributed by atoms with E-state index in [-0.39, 0.29) is 17.0 Å². The minimum atomic E-state index is 0. The molecule has 1 nitrogen and oxygen atoms in total. The summed E-state index contributed by atoms with van der Waals surface area (Å²) in [6.45, 7) is 0.726. The minimum Gasteiger partial charge on any atom is -1.00 e. The molecule has 13 heavy (non-hydrogen) atoms. The van der Waals surface area contributed by atoms with Gasteiger partial charge >= 0.3 is 0 Å². The van der Waals surface area contributed by atoms with E-state index in [0.717, 1.165) is 11.0 Å². The third-order valence-electron chi connectivity index (χ3n) is 1.94. The number of nitrogens with zero attached hydrogens (tertiary/aromatic N) is 1. The molecule has 0 bridgehead atoms. The molecule has 1 aromatic carbocycles. The maximum atomic E-state index is 5.29. The van der Waals surface area contributed by atoms with Crippen LogP contribution in [0.3, 0.4) is 0 Å². The van der Waals surface area contributed by atoms with Crippen molar-refractivity contribution in [2.75, 3.05) is 20.6 Å². The van der Waals surface area contributed by atoms with Crippen molar-refractivity contribution in [3.8, 4) is 12.3 Å². The molecule has 0 spiro atoms. The number of halogens is 1. The lowest BCUT2D eigenvalue weighted by atomic mass is 10.2. The van der Waals surface area contributed by atoms with Crippen LogP contribution in [0.1, 0.15) is 0 Å². The molecule has 0 aromatic heterocycles. The molecule has 1 aromatic rings. The second-order valence-electron chi connectivity index (χ2n) is 3.38. The van der Waals surface area contributed by atoms with Gasteiger partial charge in [-0.2, -0.15) is 0 Å². The van der Waals surface area contributed by atoms with Gasteiger partial charge in [0.25, 0.3) is 0 Å². The smallest absolute Gasteiger partial charge is 0.144 e. The van der Waals surface area contributed by atoms with E-state index in [4.69, 9.17) is 6.42 Å². The van der Waals surface area contributed by atoms with Gasteiger partial charge in [0, 0.05) is 0 Å². The highest BCUT2D eigenvalue weighted by Crippen LogP contribution is 2.16. The van der Waals surface area contributed by atoms with Gasteiger partial charge in [0.15, 0.2) is 0 Å². The molecule has 0 heterocycles. The van der Waals surface area contributed by atoms with E-state index < -0.39 is 0 Å². The first-order valence-corrected chi connectivity index (χ1v) is 3.99. The van der Waals surface area contributed by atoms with Crippen LogP contribution in [-0.2, 0) is 0 Å². The number of terminal acetylenes is 1. The average molecular weight is 240 g/mol. The van der Waals surface area contributed by atoms with Gasteiger partial charge in [-0.1, -0.05) is 18.2 Å². The maximum Gasteiger partial charge on any atom is 0.144 e. The maximum absolute atomic E-state index is 5.29. The molecule has 70 valence electrons. The fourth-order valence-corrected chi connectivity index (χ4v) is 1.15. The van der Waals surface area contributed by atoms with Gasteiger partial charge in [-0.25, -0.2) is 0 Å². The number of benzene rings is 1. The molecular formula is C11H14BrN. The first kappa shape index (κ1) is 12.2. The van der Waals surface area contributed by atoms with Crippen LogP contribution in [0.15, 0.2) is 30.3 Å². The van der Waals surface area contributed by atoms with E-state index in [1.165, 1.54) is 5.69 Å². The summed E-state index contributed by atoms with van der Waals surface area (Å²) in [6, 6.07) is 10.3. The Morgan fingerprint density at radius 2 is 1.77 bits per heavy atom. The summed E-state index contributed by atoms with van der Waals surface area (Å²) in [5.74, 6) is 2.68. The summed E-state index contributed by atoms with van der Waals surface area (Å²) in [5.41, 5.74) is 1.25. The predicted octanol–water partition coefficient (Wildman–Crippen LogP) is -1.11. The second kappa shape index (κ2) is 5.06. The van der Waals surface area contributed by atoms with Crippen LogP contribution in [0.4, 0.5) is 5.69 Å². The summed E-state index contributed by atoms with van der Waals surface area (Å²) >= 11 is 0. The Morgan fingerprint density at radius 1 is 1.23 bits per heavy atom. The molecule has 1 rings (SSSR count). The van der Waals surface area contributed by atoms with Crippen molar-refractivity contribution in [3.63, 3.8) is 0 Å². The Balaban J connectivity index is 0.00000144. The summed E-state index contributed by atoms with van der Waals surface area (Å²) in [5, 5.41) is 0. The van der Waals surface area contributed by atoms with Gasteiger partial charge < -0.3 is 17.0 Å². The molecule has 0 atom stereocenters. The average Bonchev–Trinajstić information content (AvgIpc) is 2.06. The van der Waals surface area contributed by atoms with Crippen molar-refractivity contribution >= 4 is 5.69 Å². The molecule has 0 aliphatic heterocycles. The summed E-state index contributed by atoms with van der Waals surface area (Å²) in [4.78, 5) is 0. The van der Waals surface area contributed by atoms with E-state index in [1.54, 1.807) is 0 Å². The molecule has 0 unspecified atom stereocenters. The normalized spacial score (nSPS) is 9.92. The Morgan fingerprint density at radius 3 is 2.23 bits per heavy atom. The van der Waals surface area contributed by atoms with Crippen LogP contribution >= 0.6 is 0 Å². The van der Waals surface area contributed by atoms with Crippen molar-refractivity contribution in [3.05, 3.63) is 30.3 Å². The molecule has 0 aliphatic carbocycles. The van der Waals surface area contributed by atoms with Gasteiger partial charge in [-0.3, -0.25) is 4.48 Å². The summed E-state index contributed by atoms with van der Waals surface area (Å²) in [7, 11) is 4.21. The SMILES string of the molecule is C#CC[N+](C)(C)c1ccccc1.[Br-]. The zero-order chi connectivity index (χ0) is 9.03. The van der Waals surface area contributed by atoms with Gasteiger partial charge in [0.05, 0.1) is 14.1 Å². The van der Waals surface area contributed by atoms with E-state index in [0.29, 0.717) is 0 Å². The lowest BCUT2D eigenvalue weighted by Gasteiger charge is -2.26. The monoisotopic (exact) mass is 239 g/mol. The first-order valence-electron chi connectivity index (χ1n) is 3.99. The summed E-state index contributed by atoms with van der Waals surface area (Å²) < 4.78 is 0.747. The number of para-hydroxylation sites is 1. The van der Waals surface area contributed by atoms with E-state index in [2.05, 4.69) is 32.1 Å². The molecule has 0 radical (unpaired) electrons. The number of hydrogen-bond donors (Lipinski definition) is 0. The van der Waals surface area contributed by atoms with Crippen LogP contribution in [-0.4, -0.2) is 20.6 Å². The Hall–Kier alpha value is -0.780. The zero-order valence-electron chi connectivity index (χ0n) is 8.00. The van der Waals surface area contributed by atoms with Crippen LogP contribution in [0.5, 0.6) is 0 Å². The van der Waals surface area contributed by atoms with Crippen molar-refractivity contribution in [2.24, 2.45) is 0 Å². The number of quaternary nitrogens is 1. The predicted molar refractivity (Wildman–Crippen MR) is 53.8 cm³/mol. The third-order valence-corrected chi connectivity index (χ3v) is 1.94. The third kappa shape index (κ3) is 3.22. The van der Waals surface area contributed by atoms with Crippen molar-refractivity contribution in [1.82, 2.24) is 4.48 Å². The van der Waals surface area contributed by atoms with Crippen molar-refractivity contribution in [1.29, 1.82) is 0 Å². The zero-order valence-corrected chi connectivity index (χ0v) is 9.58. The van der Waals surface area contributed by atoms with Crippen molar-refractivity contribution in [2.45, 2.75) is 0 Å². The fourth-order valence-electron chi connectivity index (χ4n) is 1.15. The number of rotatable bonds is 2. The highest BCUT2D eigenvalue weighted by atomic mass is 79.9. The standard InChI is InChI=1S/C11H14N.BrH/c1-4-10-12(2,3)11-8-6-5-7-9-11;/h1,5-9H,10H2,2-3H3;1H/q+1;/p-1. The minimum absolute atomic E-state index is 0. The Labute approximate surface area is 90.7 Å². The molecule has 0 amide bonds. The second-order valence-corrected chi connectivity index (χ2v) is 3.38.